The van der Waals surface area contributed by atoms with Crippen LogP contribution in [0.15, 0.2) is 53.7 Å². The Morgan fingerprint density at radius 1 is 1.13 bits per heavy atom. The fourth-order valence-electron chi connectivity index (χ4n) is 2.75. The second-order valence-electron chi connectivity index (χ2n) is 6.59. The zero-order chi connectivity index (χ0) is 21.5. The molecular weight excluding hydrogens is 402 g/mol. The van der Waals surface area contributed by atoms with Gasteiger partial charge in [0.05, 0.1) is 23.6 Å². The second-order valence-corrected chi connectivity index (χ2v) is 7.56. The van der Waals surface area contributed by atoms with Gasteiger partial charge in [0.2, 0.25) is 5.91 Å². The molecule has 0 spiro atoms. The summed E-state index contributed by atoms with van der Waals surface area (Å²) in [7, 11) is 0. The molecule has 0 aliphatic carbocycles. The van der Waals surface area contributed by atoms with E-state index >= 15 is 0 Å². The SMILES string of the molecule is CCOC(=O)c1ccc(NC(=O)CSc2nc(Cc3ccc(O)cc3)c(C)[nH]2)cc1. The maximum Gasteiger partial charge on any atom is 0.338 e. The Bertz CT molecular complexity index is 1010. The smallest absolute Gasteiger partial charge is 0.338 e. The molecule has 0 saturated heterocycles. The van der Waals surface area contributed by atoms with Crippen LogP contribution in [0.3, 0.4) is 0 Å². The number of imidazole rings is 1. The van der Waals surface area contributed by atoms with Gasteiger partial charge >= 0.3 is 5.97 Å². The van der Waals surface area contributed by atoms with E-state index < -0.39 is 0 Å². The lowest BCUT2D eigenvalue weighted by Crippen LogP contribution is -2.14. The minimum Gasteiger partial charge on any atom is -0.508 e. The van der Waals surface area contributed by atoms with Crippen LogP contribution in [0.25, 0.3) is 0 Å². The summed E-state index contributed by atoms with van der Waals surface area (Å²) >= 11 is 1.32. The minimum atomic E-state index is -0.387. The lowest BCUT2D eigenvalue weighted by Gasteiger charge is -2.06. The maximum atomic E-state index is 12.2. The standard InChI is InChI=1S/C22H23N3O4S/c1-3-29-21(28)16-6-8-17(9-7-16)24-20(27)13-30-22-23-14(2)19(25-22)12-15-4-10-18(26)11-5-15/h4-11,26H,3,12-13H2,1-2H3,(H,23,25)(H,24,27). The monoisotopic (exact) mass is 425 g/mol. The summed E-state index contributed by atoms with van der Waals surface area (Å²) in [5.41, 5.74) is 3.94. The van der Waals surface area contributed by atoms with Crippen LogP contribution in [0.2, 0.25) is 0 Å². The predicted molar refractivity (Wildman–Crippen MR) is 116 cm³/mol. The van der Waals surface area contributed by atoms with Crippen molar-refractivity contribution < 1.29 is 19.4 Å². The Morgan fingerprint density at radius 2 is 1.83 bits per heavy atom. The highest BCUT2D eigenvalue weighted by Crippen LogP contribution is 2.20. The Morgan fingerprint density at radius 3 is 2.50 bits per heavy atom. The number of nitrogens with zero attached hydrogens (tertiary/aromatic N) is 1. The third kappa shape index (κ3) is 5.87. The van der Waals surface area contributed by atoms with Gasteiger partial charge in [0.1, 0.15) is 5.75 Å². The Kier molecular flexibility index (Phi) is 7.13. The molecule has 1 aromatic heterocycles. The van der Waals surface area contributed by atoms with E-state index in [9.17, 15) is 14.7 Å². The first-order valence-corrected chi connectivity index (χ1v) is 10.5. The first-order valence-electron chi connectivity index (χ1n) is 9.48. The van der Waals surface area contributed by atoms with Gasteiger partial charge in [-0.05, 0) is 55.8 Å². The van der Waals surface area contributed by atoms with E-state index in [1.54, 1.807) is 43.3 Å². The lowest BCUT2D eigenvalue weighted by molar-refractivity contribution is -0.113. The largest absolute Gasteiger partial charge is 0.508 e. The molecule has 1 heterocycles. The Labute approximate surface area is 178 Å². The number of aryl methyl sites for hydroxylation is 1. The molecule has 0 atom stereocenters. The van der Waals surface area contributed by atoms with E-state index in [4.69, 9.17) is 4.74 Å². The number of hydrogen-bond donors (Lipinski definition) is 3. The van der Waals surface area contributed by atoms with Gasteiger partial charge in [-0.1, -0.05) is 23.9 Å². The summed E-state index contributed by atoms with van der Waals surface area (Å²) in [6, 6.07) is 13.6. The number of esters is 1. The van der Waals surface area contributed by atoms with E-state index in [0.717, 1.165) is 17.0 Å². The van der Waals surface area contributed by atoms with Crippen molar-refractivity contribution in [3.63, 3.8) is 0 Å². The van der Waals surface area contributed by atoms with E-state index in [2.05, 4.69) is 15.3 Å². The van der Waals surface area contributed by atoms with Crippen LogP contribution < -0.4 is 5.32 Å². The molecule has 3 aromatic rings. The summed E-state index contributed by atoms with van der Waals surface area (Å²) in [5.74, 6) is -0.124. The molecule has 0 aliphatic heterocycles. The molecule has 3 rings (SSSR count). The summed E-state index contributed by atoms with van der Waals surface area (Å²) in [4.78, 5) is 31.7. The van der Waals surface area contributed by atoms with Crippen LogP contribution in [0, 0.1) is 6.92 Å². The number of carbonyl (C=O) groups is 2. The van der Waals surface area contributed by atoms with Crippen LogP contribution in [-0.2, 0) is 16.0 Å². The van der Waals surface area contributed by atoms with Crippen molar-refractivity contribution in [3.8, 4) is 5.75 Å². The number of benzene rings is 2. The molecule has 7 nitrogen and oxygen atoms in total. The number of aromatic amines is 1. The van der Waals surface area contributed by atoms with Crippen molar-refractivity contribution >= 4 is 29.3 Å². The molecule has 0 unspecified atom stereocenters. The molecule has 0 aliphatic rings. The van der Waals surface area contributed by atoms with E-state index in [-0.39, 0.29) is 23.4 Å². The molecule has 156 valence electrons. The van der Waals surface area contributed by atoms with Crippen molar-refractivity contribution in [2.75, 3.05) is 17.7 Å². The number of amides is 1. The quantitative estimate of drug-likeness (QED) is 0.373. The van der Waals surface area contributed by atoms with Gasteiger partial charge in [0, 0.05) is 17.8 Å². The summed E-state index contributed by atoms with van der Waals surface area (Å²) < 4.78 is 4.94. The molecule has 0 radical (unpaired) electrons. The fraction of sp³-hybridized carbons (Fsp3) is 0.227. The van der Waals surface area contributed by atoms with Gasteiger partial charge in [0.25, 0.3) is 0 Å². The minimum absolute atomic E-state index is 0.168. The predicted octanol–water partition coefficient (Wildman–Crippen LogP) is 3.92. The van der Waals surface area contributed by atoms with Gasteiger partial charge in [-0.2, -0.15) is 0 Å². The van der Waals surface area contributed by atoms with Crippen molar-refractivity contribution in [1.29, 1.82) is 0 Å². The van der Waals surface area contributed by atoms with Gasteiger partial charge in [-0.3, -0.25) is 4.79 Å². The fourth-order valence-corrected chi connectivity index (χ4v) is 3.49. The Balaban J connectivity index is 1.52. The number of rotatable bonds is 8. The molecule has 1 amide bonds. The van der Waals surface area contributed by atoms with Crippen molar-refractivity contribution in [1.82, 2.24) is 9.97 Å². The third-order valence-electron chi connectivity index (χ3n) is 4.29. The number of aromatic hydroxyl groups is 1. The average Bonchev–Trinajstić information content (AvgIpc) is 3.08. The number of H-pyrrole nitrogens is 1. The zero-order valence-corrected chi connectivity index (χ0v) is 17.6. The topological polar surface area (TPSA) is 104 Å². The number of aromatic nitrogens is 2. The number of carbonyl (C=O) groups excluding carboxylic acids is 2. The normalized spacial score (nSPS) is 10.6. The first-order chi connectivity index (χ1) is 14.4. The molecule has 30 heavy (non-hydrogen) atoms. The number of thioether (sulfide) groups is 1. The van der Waals surface area contributed by atoms with Crippen molar-refractivity contribution in [2.45, 2.75) is 25.4 Å². The van der Waals surface area contributed by atoms with Crippen LogP contribution in [0.1, 0.15) is 34.2 Å². The van der Waals surface area contributed by atoms with Gasteiger partial charge < -0.3 is 20.1 Å². The summed E-state index contributed by atoms with van der Waals surface area (Å²) in [6.07, 6.45) is 0.641. The zero-order valence-electron chi connectivity index (χ0n) is 16.8. The van der Waals surface area contributed by atoms with Crippen LogP contribution in [-0.4, -0.2) is 39.3 Å². The van der Waals surface area contributed by atoms with Gasteiger partial charge in [0.15, 0.2) is 5.16 Å². The highest BCUT2D eigenvalue weighted by atomic mass is 32.2. The van der Waals surface area contributed by atoms with E-state index in [1.807, 2.05) is 19.1 Å². The molecule has 3 N–H and O–H groups in total. The lowest BCUT2D eigenvalue weighted by atomic mass is 10.1. The van der Waals surface area contributed by atoms with Crippen molar-refractivity contribution in [2.24, 2.45) is 0 Å². The highest BCUT2D eigenvalue weighted by Gasteiger charge is 2.11. The molecule has 0 saturated carbocycles. The number of phenolic OH excluding ortho intramolecular Hbond substituents is 1. The van der Waals surface area contributed by atoms with Gasteiger partial charge in [-0.15, -0.1) is 0 Å². The number of ether oxygens (including phenoxy) is 1. The van der Waals surface area contributed by atoms with E-state index in [0.29, 0.717) is 29.4 Å². The number of phenols is 1. The summed E-state index contributed by atoms with van der Waals surface area (Å²) in [6.45, 7) is 4.01. The Hall–Kier alpha value is -3.26. The number of nitrogens with one attached hydrogen (secondary N) is 2. The first kappa shape index (κ1) is 21.4. The second kappa shape index (κ2) is 9.98. The highest BCUT2D eigenvalue weighted by molar-refractivity contribution is 7.99. The number of hydrogen-bond acceptors (Lipinski definition) is 6. The summed E-state index contributed by atoms with van der Waals surface area (Å²) in [5, 5.41) is 12.9. The third-order valence-corrected chi connectivity index (χ3v) is 5.16. The molecule has 2 aromatic carbocycles. The molecule has 8 heteroatoms. The molecule has 0 fully saturated rings. The van der Waals surface area contributed by atoms with Crippen LogP contribution >= 0.6 is 11.8 Å². The molecule has 0 bridgehead atoms. The average molecular weight is 426 g/mol. The van der Waals surface area contributed by atoms with Crippen LogP contribution in [0.4, 0.5) is 5.69 Å². The molecular formula is C22H23N3O4S. The van der Waals surface area contributed by atoms with Crippen molar-refractivity contribution in [3.05, 3.63) is 71.0 Å². The maximum absolute atomic E-state index is 12.2. The van der Waals surface area contributed by atoms with E-state index in [1.165, 1.54) is 11.8 Å². The number of anilines is 1. The van der Waals surface area contributed by atoms with Gasteiger partial charge in [-0.25, -0.2) is 9.78 Å². The van der Waals surface area contributed by atoms with Crippen LogP contribution in [0.5, 0.6) is 5.75 Å².